The van der Waals surface area contributed by atoms with Crippen LogP contribution in [0, 0.1) is 0 Å². The largest absolute Gasteiger partial charge is 0.497 e. The summed E-state index contributed by atoms with van der Waals surface area (Å²) < 4.78 is 10.5. The zero-order chi connectivity index (χ0) is 9.26. The molecule has 0 spiro atoms. The molecule has 1 aromatic heterocycles. The molecule has 0 atom stereocenters. The van der Waals surface area contributed by atoms with E-state index < -0.39 is 0 Å². The summed E-state index contributed by atoms with van der Waals surface area (Å²) in [5, 5.41) is 1.03. The predicted octanol–water partition coefficient (Wildman–Crippen LogP) is 1.90. The lowest BCUT2D eigenvalue weighted by atomic mass is 10.2. The summed E-state index contributed by atoms with van der Waals surface area (Å²) in [4.78, 5) is 0. The third-order valence-corrected chi connectivity index (χ3v) is 1.98. The Kier molecular flexibility index (Phi) is 1.94. The fraction of sp³-hybridized carbons (Fsp3) is 0.200. The van der Waals surface area contributed by atoms with Gasteiger partial charge in [0, 0.05) is 5.39 Å². The molecule has 0 saturated carbocycles. The highest BCUT2D eigenvalue weighted by molar-refractivity contribution is 5.79. The highest BCUT2D eigenvalue weighted by atomic mass is 16.5. The van der Waals surface area contributed by atoms with E-state index in [0.717, 1.165) is 22.5 Å². The Morgan fingerprint density at radius 1 is 1.38 bits per heavy atom. The normalized spacial score (nSPS) is 10.6. The molecule has 3 nitrogen and oxygen atoms in total. The van der Waals surface area contributed by atoms with Gasteiger partial charge in [-0.2, -0.15) is 0 Å². The van der Waals surface area contributed by atoms with Gasteiger partial charge in [-0.15, -0.1) is 0 Å². The number of nitrogens with two attached hydrogens (primary N) is 1. The Bertz CT molecular complexity index is 418. The molecule has 0 aliphatic rings. The summed E-state index contributed by atoms with van der Waals surface area (Å²) in [5.74, 6) is 1.63. The molecule has 0 aliphatic heterocycles. The number of fused-ring (bicyclic) bond motifs is 1. The maximum atomic E-state index is 5.46. The van der Waals surface area contributed by atoms with E-state index in [1.807, 2.05) is 24.3 Å². The molecule has 13 heavy (non-hydrogen) atoms. The summed E-state index contributed by atoms with van der Waals surface area (Å²) in [7, 11) is 1.64. The van der Waals surface area contributed by atoms with Crippen molar-refractivity contribution in [3.05, 3.63) is 30.0 Å². The number of hydrogen-bond acceptors (Lipinski definition) is 3. The highest BCUT2D eigenvalue weighted by Gasteiger charge is 2.02. The van der Waals surface area contributed by atoms with Crippen LogP contribution in [0.3, 0.4) is 0 Å². The lowest BCUT2D eigenvalue weighted by Crippen LogP contribution is -1.92. The number of hydrogen-bond donors (Lipinski definition) is 1. The third kappa shape index (κ3) is 1.38. The summed E-state index contributed by atoms with van der Waals surface area (Å²) in [6.07, 6.45) is 0. The Morgan fingerprint density at radius 3 is 2.92 bits per heavy atom. The van der Waals surface area contributed by atoms with Crippen LogP contribution >= 0.6 is 0 Å². The summed E-state index contributed by atoms with van der Waals surface area (Å²) in [6, 6.07) is 7.61. The molecule has 1 aromatic carbocycles. The van der Waals surface area contributed by atoms with Gasteiger partial charge in [0.1, 0.15) is 17.1 Å². The number of rotatable bonds is 2. The first-order valence-corrected chi connectivity index (χ1v) is 4.10. The van der Waals surface area contributed by atoms with Crippen LogP contribution in [-0.4, -0.2) is 7.11 Å². The van der Waals surface area contributed by atoms with Crippen molar-refractivity contribution in [1.29, 1.82) is 0 Å². The average Bonchev–Trinajstić information content (AvgIpc) is 2.58. The van der Waals surface area contributed by atoms with E-state index in [4.69, 9.17) is 14.9 Å². The van der Waals surface area contributed by atoms with Crippen LogP contribution in [0.2, 0.25) is 0 Å². The van der Waals surface area contributed by atoms with Crippen molar-refractivity contribution in [3.8, 4) is 5.75 Å². The molecule has 0 radical (unpaired) electrons. The van der Waals surface area contributed by atoms with Crippen LogP contribution in [0.15, 0.2) is 28.7 Å². The van der Waals surface area contributed by atoms with Crippen LogP contribution in [-0.2, 0) is 6.54 Å². The van der Waals surface area contributed by atoms with E-state index in [9.17, 15) is 0 Å². The number of ether oxygens (including phenoxy) is 1. The molecule has 0 fully saturated rings. The first kappa shape index (κ1) is 8.13. The van der Waals surface area contributed by atoms with Crippen molar-refractivity contribution in [2.24, 2.45) is 5.73 Å². The first-order valence-electron chi connectivity index (χ1n) is 4.10. The topological polar surface area (TPSA) is 48.4 Å². The van der Waals surface area contributed by atoms with Crippen LogP contribution < -0.4 is 10.5 Å². The second kappa shape index (κ2) is 3.11. The molecule has 0 saturated heterocycles. The monoisotopic (exact) mass is 177 g/mol. The minimum atomic E-state index is 0.428. The molecule has 0 unspecified atom stereocenters. The molecular formula is C10H11NO2. The van der Waals surface area contributed by atoms with E-state index in [0.29, 0.717) is 6.54 Å². The molecule has 68 valence electrons. The van der Waals surface area contributed by atoms with Crippen LogP contribution in [0.5, 0.6) is 5.75 Å². The molecule has 0 amide bonds. The lowest BCUT2D eigenvalue weighted by Gasteiger charge is -1.96. The van der Waals surface area contributed by atoms with Gasteiger partial charge >= 0.3 is 0 Å². The second-order valence-corrected chi connectivity index (χ2v) is 2.82. The molecule has 2 aromatic rings. The van der Waals surface area contributed by atoms with Crippen molar-refractivity contribution >= 4 is 11.0 Å². The maximum absolute atomic E-state index is 5.46. The SMILES string of the molecule is COc1ccc2oc(CN)cc2c1. The van der Waals surface area contributed by atoms with Crippen molar-refractivity contribution < 1.29 is 9.15 Å². The fourth-order valence-corrected chi connectivity index (χ4v) is 1.30. The van der Waals surface area contributed by atoms with E-state index >= 15 is 0 Å². The minimum absolute atomic E-state index is 0.428. The molecule has 0 aliphatic carbocycles. The number of benzene rings is 1. The van der Waals surface area contributed by atoms with Crippen LogP contribution in [0.1, 0.15) is 5.76 Å². The van der Waals surface area contributed by atoms with E-state index in [1.165, 1.54) is 0 Å². The smallest absolute Gasteiger partial charge is 0.134 e. The fourth-order valence-electron chi connectivity index (χ4n) is 1.30. The summed E-state index contributed by atoms with van der Waals surface area (Å²) in [5.41, 5.74) is 6.31. The van der Waals surface area contributed by atoms with Crippen molar-refractivity contribution in [2.75, 3.05) is 7.11 Å². The van der Waals surface area contributed by atoms with Crippen molar-refractivity contribution in [1.82, 2.24) is 0 Å². The summed E-state index contributed by atoms with van der Waals surface area (Å²) in [6.45, 7) is 0.428. The zero-order valence-corrected chi connectivity index (χ0v) is 7.41. The van der Waals surface area contributed by atoms with Gasteiger partial charge in [0.25, 0.3) is 0 Å². The van der Waals surface area contributed by atoms with E-state index in [1.54, 1.807) is 7.11 Å². The van der Waals surface area contributed by atoms with Gasteiger partial charge < -0.3 is 14.9 Å². The van der Waals surface area contributed by atoms with Gasteiger partial charge in [-0.1, -0.05) is 0 Å². The molecule has 0 bridgehead atoms. The van der Waals surface area contributed by atoms with Crippen molar-refractivity contribution in [3.63, 3.8) is 0 Å². The summed E-state index contributed by atoms with van der Waals surface area (Å²) >= 11 is 0. The standard InChI is InChI=1S/C10H11NO2/c1-12-8-2-3-10-7(4-8)5-9(6-11)13-10/h2-5H,6,11H2,1H3. The molecular weight excluding hydrogens is 166 g/mol. The van der Waals surface area contributed by atoms with Crippen molar-refractivity contribution in [2.45, 2.75) is 6.54 Å². The van der Waals surface area contributed by atoms with Gasteiger partial charge in [0.2, 0.25) is 0 Å². The Morgan fingerprint density at radius 2 is 2.23 bits per heavy atom. The number of methoxy groups -OCH3 is 1. The number of furan rings is 1. The molecule has 2 N–H and O–H groups in total. The second-order valence-electron chi connectivity index (χ2n) is 2.82. The lowest BCUT2D eigenvalue weighted by molar-refractivity contribution is 0.415. The molecule has 3 heteroatoms. The van der Waals surface area contributed by atoms with Gasteiger partial charge in [0.15, 0.2) is 0 Å². The third-order valence-electron chi connectivity index (χ3n) is 1.98. The Balaban J connectivity index is 2.57. The van der Waals surface area contributed by atoms with E-state index in [2.05, 4.69) is 0 Å². The molecule has 1 heterocycles. The Hall–Kier alpha value is -1.48. The maximum Gasteiger partial charge on any atom is 0.134 e. The zero-order valence-electron chi connectivity index (χ0n) is 7.41. The minimum Gasteiger partial charge on any atom is -0.497 e. The van der Waals surface area contributed by atoms with Gasteiger partial charge in [0.05, 0.1) is 13.7 Å². The van der Waals surface area contributed by atoms with Crippen LogP contribution in [0.4, 0.5) is 0 Å². The quantitative estimate of drug-likeness (QED) is 0.762. The van der Waals surface area contributed by atoms with E-state index in [-0.39, 0.29) is 0 Å². The molecule has 2 rings (SSSR count). The van der Waals surface area contributed by atoms with Gasteiger partial charge in [-0.25, -0.2) is 0 Å². The van der Waals surface area contributed by atoms with Crippen LogP contribution in [0.25, 0.3) is 11.0 Å². The average molecular weight is 177 g/mol. The van der Waals surface area contributed by atoms with Gasteiger partial charge in [-0.05, 0) is 24.3 Å². The highest BCUT2D eigenvalue weighted by Crippen LogP contribution is 2.23. The predicted molar refractivity (Wildman–Crippen MR) is 50.7 cm³/mol. The Labute approximate surface area is 76.1 Å². The first-order chi connectivity index (χ1) is 6.33. The van der Waals surface area contributed by atoms with Gasteiger partial charge in [-0.3, -0.25) is 0 Å².